The van der Waals surface area contributed by atoms with Gasteiger partial charge in [-0.25, -0.2) is 4.79 Å². The number of aromatic amines is 1. The second-order valence-electron chi connectivity index (χ2n) is 4.66. The number of aliphatic carboxylic acids is 1. The normalized spacial score (nSPS) is 12.3. The highest BCUT2D eigenvalue weighted by Gasteiger charge is 2.20. The molecule has 1 aromatic carbocycles. The number of rotatable bonds is 4. The van der Waals surface area contributed by atoms with Crippen molar-refractivity contribution in [1.82, 2.24) is 10.3 Å². The highest BCUT2D eigenvalue weighted by Crippen LogP contribution is 2.21. The summed E-state index contributed by atoms with van der Waals surface area (Å²) < 4.78 is 0. The molecule has 1 heterocycles. The van der Waals surface area contributed by atoms with E-state index in [2.05, 4.69) is 10.3 Å². The van der Waals surface area contributed by atoms with Crippen LogP contribution in [-0.4, -0.2) is 28.0 Å². The van der Waals surface area contributed by atoms with Crippen LogP contribution in [0, 0.1) is 6.92 Å². The molecule has 5 heteroatoms. The molecular formula is C14H16N2O3. The molecule has 100 valence electrons. The summed E-state index contributed by atoms with van der Waals surface area (Å²) in [6.07, 6.45) is 2.06. The monoisotopic (exact) mass is 260 g/mol. The smallest absolute Gasteiger partial charge is 0.326 e. The van der Waals surface area contributed by atoms with Crippen molar-refractivity contribution in [2.24, 2.45) is 0 Å². The Morgan fingerprint density at radius 3 is 2.79 bits per heavy atom. The molecule has 5 nitrogen and oxygen atoms in total. The molecule has 0 fully saturated rings. The first-order valence-corrected chi connectivity index (χ1v) is 6.04. The molecule has 19 heavy (non-hydrogen) atoms. The van der Waals surface area contributed by atoms with Gasteiger partial charge in [0.05, 0.1) is 0 Å². The molecule has 0 saturated heterocycles. The van der Waals surface area contributed by atoms with Crippen molar-refractivity contribution in [3.63, 3.8) is 0 Å². The lowest BCUT2D eigenvalue weighted by molar-refractivity contribution is -0.141. The summed E-state index contributed by atoms with van der Waals surface area (Å²) in [4.78, 5) is 25.3. The third kappa shape index (κ3) is 2.93. The highest BCUT2D eigenvalue weighted by atomic mass is 16.4. The fourth-order valence-electron chi connectivity index (χ4n) is 2.13. The number of aryl methyl sites for hydroxylation is 1. The van der Waals surface area contributed by atoms with Gasteiger partial charge in [0.2, 0.25) is 5.91 Å². The third-order valence-electron chi connectivity index (χ3n) is 3.02. The van der Waals surface area contributed by atoms with E-state index in [0.717, 1.165) is 22.0 Å². The first-order chi connectivity index (χ1) is 8.97. The van der Waals surface area contributed by atoms with Gasteiger partial charge in [0.25, 0.3) is 0 Å². The second-order valence-corrected chi connectivity index (χ2v) is 4.66. The van der Waals surface area contributed by atoms with Crippen LogP contribution >= 0.6 is 0 Å². The van der Waals surface area contributed by atoms with E-state index in [9.17, 15) is 9.59 Å². The van der Waals surface area contributed by atoms with Gasteiger partial charge in [-0.1, -0.05) is 11.6 Å². The Morgan fingerprint density at radius 1 is 1.42 bits per heavy atom. The molecule has 0 spiro atoms. The zero-order valence-electron chi connectivity index (χ0n) is 10.9. The lowest BCUT2D eigenvalue weighted by Gasteiger charge is -2.12. The predicted octanol–water partition coefficient (Wildman–Crippen LogP) is 1.61. The molecule has 0 bridgehead atoms. The summed E-state index contributed by atoms with van der Waals surface area (Å²) in [5, 5.41) is 12.6. The minimum absolute atomic E-state index is 0.262. The van der Waals surface area contributed by atoms with Gasteiger partial charge in [-0.2, -0.15) is 0 Å². The van der Waals surface area contributed by atoms with Crippen LogP contribution in [0.2, 0.25) is 0 Å². The van der Waals surface area contributed by atoms with Crippen molar-refractivity contribution in [1.29, 1.82) is 0 Å². The van der Waals surface area contributed by atoms with Crippen LogP contribution in [0.3, 0.4) is 0 Å². The van der Waals surface area contributed by atoms with E-state index in [1.807, 2.05) is 25.1 Å². The Balaban J connectivity index is 2.31. The second kappa shape index (κ2) is 5.14. The molecule has 0 saturated carbocycles. The van der Waals surface area contributed by atoms with E-state index in [1.54, 1.807) is 6.20 Å². The van der Waals surface area contributed by atoms with Crippen LogP contribution in [0.5, 0.6) is 0 Å². The SMILES string of the molecule is CC(=O)N[C@H](Cc1c[nH]c2ccc(C)cc12)C(=O)O. The third-order valence-corrected chi connectivity index (χ3v) is 3.02. The number of benzene rings is 1. The van der Waals surface area contributed by atoms with E-state index in [0.29, 0.717) is 0 Å². The van der Waals surface area contributed by atoms with Gasteiger partial charge in [0.1, 0.15) is 6.04 Å². The number of fused-ring (bicyclic) bond motifs is 1. The Kier molecular flexibility index (Phi) is 3.55. The van der Waals surface area contributed by atoms with Crippen LogP contribution in [-0.2, 0) is 16.0 Å². The summed E-state index contributed by atoms with van der Waals surface area (Å²) in [6, 6.07) is 5.05. The number of carboxylic acid groups (broad SMARTS) is 1. The Morgan fingerprint density at radius 2 is 2.16 bits per heavy atom. The topological polar surface area (TPSA) is 82.2 Å². The van der Waals surface area contributed by atoms with Crippen LogP contribution in [0.15, 0.2) is 24.4 Å². The molecule has 1 aromatic heterocycles. The van der Waals surface area contributed by atoms with E-state index >= 15 is 0 Å². The lowest BCUT2D eigenvalue weighted by Crippen LogP contribution is -2.41. The molecule has 2 rings (SSSR count). The molecule has 0 aliphatic heterocycles. The van der Waals surface area contributed by atoms with E-state index in [-0.39, 0.29) is 12.3 Å². The van der Waals surface area contributed by atoms with Gasteiger partial charge in [-0.15, -0.1) is 0 Å². The largest absolute Gasteiger partial charge is 0.480 e. The molecular weight excluding hydrogens is 244 g/mol. The first kappa shape index (κ1) is 13.1. The average Bonchev–Trinajstić information content (AvgIpc) is 2.70. The van der Waals surface area contributed by atoms with Crippen molar-refractivity contribution >= 4 is 22.8 Å². The van der Waals surface area contributed by atoms with E-state index in [1.165, 1.54) is 6.92 Å². The van der Waals surface area contributed by atoms with Gasteiger partial charge < -0.3 is 15.4 Å². The van der Waals surface area contributed by atoms with Gasteiger partial charge in [-0.05, 0) is 24.6 Å². The minimum Gasteiger partial charge on any atom is -0.480 e. The number of H-pyrrole nitrogens is 1. The van der Waals surface area contributed by atoms with Gasteiger partial charge in [-0.3, -0.25) is 4.79 Å². The fraction of sp³-hybridized carbons (Fsp3) is 0.286. The Bertz CT molecular complexity index is 631. The molecule has 0 aliphatic rings. The number of amides is 1. The average molecular weight is 260 g/mol. The number of carboxylic acids is 1. The van der Waals surface area contributed by atoms with Crippen molar-refractivity contribution in [2.75, 3.05) is 0 Å². The standard InChI is InChI=1S/C14H16N2O3/c1-8-3-4-12-11(5-8)10(7-15-12)6-13(14(18)19)16-9(2)17/h3-5,7,13,15H,6H2,1-2H3,(H,16,17)(H,18,19)/t13-/m1/s1. The zero-order chi connectivity index (χ0) is 14.0. The lowest BCUT2D eigenvalue weighted by atomic mass is 10.0. The van der Waals surface area contributed by atoms with Crippen molar-refractivity contribution in [3.05, 3.63) is 35.5 Å². The van der Waals surface area contributed by atoms with Crippen LogP contribution < -0.4 is 5.32 Å². The van der Waals surface area contributed by atoms with Gasteiger partial charge in [0.15, 0.2) is 0 Å². The summed E-state index contributed by atoms with van der Waals surface area (Å²) in [6.45, 7) is 3.30. The minimum atomic E-state index is -1.03. The number of carbonyl (C=O) groups excluding carboxylic acids is 1. The molecule has 2 aromatic rings. The van der Waals surface area contributed by atoms with Crippen LogP contribution in [0.25, 0.3) is 10.9 Å². The summed E-state index contributed by atoms with van der Waals surface area (Å²) in [5.74, 6) is -1.37. The highest BCUT2D eigenvalue weighted by molar-refractivity contribution is 5.86. The number of aromatic nitrogens is 1. The Hall–Kier alpha value is -2.30. The molecule has 1 atom stereocenters. The molecule has 0 unspecified atom stereocenters. The molecule has 0 radical (unpaired) electrons. The number of hydrogen-bond donors (Lipinski definition) is 3. The quantitative estimate of drug-likeness (QED) is 0.781. The summed E-state index contributed by atoms with van der Waals surface area (Å²) in [7, 11) is 0. The van der Waals surface area contributed by atoms with E-state index < -0.39 is 12.0 Å². The van der Waals surface area contributed by atoms with Crippen molar-refractivity contribution < 1.29 is 14.7 Å². The maximum atomic E-state index is 11.1. The van der Waals surface area contributed by atoms with E-state index in [4.69, 9.17) is 5.11 Å². The maximum absolute atomic E-state index is 11.1. The maximum Gasteiger partial charge on any atom is 0.326 e. The first-order valence-electron chi connectivity index (χ1n) is 6.04. The van der Waals surface area contributed by atoms with Crippen LogP contribution in [0.1, 0.15) is 18.1 Å². The number of hydrogen-bond acceptors (Lipinski definition) is 2. The summed E-state index contributed by atoms with van der Waals surface area (Å²) in [5.41, 5.74) is 2.96. The summed E-state index contributed by atoms with van der Waals surface area (Å²) >= 11 is 0. The van der Waals surface area contributed by atoms with Crippen molar-refractivity contribution in [3.8, 4) is 0 Å². The number of nitrogens with one attached hydrogen (secondary N) is 2. The predicted molar refractivity (Wildman–Crippen MR) is 72.0 cm³/mol. The number of carbonyl (C=O) groups is 2. The van der Waals surface area contributed by atoms with Gasteiger partial charge in [0, 0.05) is 30.4 Å². The molecule has 0 aliphatic carbocycles. The molecule has 1 amide bonds. The fourth-order valence-corrected chi connectivity index (χ4v) is 2.13. The molecule has 3 N–H and O–H groups in total. The van der Waals surface area contributed by atoms with Crippen molar-refractivity contribution in [2.45, 2.75) is 26.3 Å². The Labute approximate surface area is 110 Å². The van der Waals surface area contributed by atoms with Crippen LogP contribution in [0.4, 0.5) is 0 Å². The van der Waals surface area contributed by atoms with Gasteiger partial charge >= 0.3 is 5.97 Å². The zero-order valence-corrected chi connectivity index (χ0v) is 10.9.